The first-order valence-corrected chi connectivity index (χ1v) is 15.3. The molecule has 2 amide bonds. The van der Waals surface area contributed by atoms with Gasteiger partial charge in [0.25, 0.3) is 0 Å². The van der Waals surface area contributed by atoms with Crippen LogP contribution in [0.15, 0.2) is 152 Å². The maximum Gasteiger partial charge on any atom is 0.417 e. The summed E-state index contributed by atoms with van der Waals surface area (Å²) in [7, 11) is 0. The molecule has 4 atom stereocenters. The molecule has 0 radical (unpaired) electrons. The van der Waals surface area contributed by atoms with Crippen LogP contribution in [0.3, 0.4) is 0 Å². The lowest BCUT2D eigenvalue weighted by molar-refractivity contribution is -0.168. The number of benzene rings is 5. The number of hydroxylamine groups is 2. The predicted octanol–water partition coefficient (Wildman–Crippen LogP) is 8.10. The normalized spacial score (nSPS) is 17.3. The maximum absolute atomic E-state index is 14.7. The Labute approximate surface area is 268 Å². The van der Waals surface area contributed by atoms with Gasteiger partial charge in [-0.25, -0.2) is 14.5 Å². The van der Waals surface area contributed by atoms with Gasteiger partial charge in [-0.1, -0.05) is 146 Å². The Kier molecular flexibility index (Phi) is 9.32. The summed E-state index contributed by atoms with van der Waals surface area (Å²) in [4.78, 5) is 49.2. The molecule has 0 N–H and O–H groups in total. The monoisotopic (exact) mass is 610 g/mol. The van der Waals surface area contributed by atoms with Crippen LogP contribution < -0.4 is 0 Å². The fourth-order valence-corrected chi connectivity index (χ4v) is 5.97. The van der Waals surface area contributed by atoms with Crippen LogP contribution in [0.1, 0.15) is 57.7 Å². The molecule has 0 aliphatic carbocycles. The second-order valence-corrected chi connectivity index (χ2v) is 11.2. The van der Waals surface area contributed by atoms with E-state index in [1.165, 1.54) is 4.90 Å². The van der Waals surface area contributed by atoms with Crippen molar-refractivity contribution in [1.29, 1.82) is 0 Å². The second kappa shape index (κ2) is 14.1. The van der Waals surface area contributed by atoms with Crippen molar-refractivity contribution in [1.82, 2.24) is 9.96 Å². The van der Waals surface area contributed by atoms with Crippen molar-refractivity contribution in [2.24, 2.45) is 5.92 Å². The Morgan fingerprint density at radius 1 is 0.717 bits per heavy atom. The first-order valence-electron chi connectivity index (χ1n) is 15.3. The minimum Gasteiger partial charge on any atom is -0.438 e. The Bertz CT molecular complexity index is 1750. The van der Waals surface area contributed by atoms with Gasteiger partial charge in [0.2, 0.25) is 5.91 Å². The van der Waals surface area contributed by atoms with E-state index in [0.717, 1.165) is 22.3 Å². The molecule has 230 valence electrons. The molecule has 1 aliphatic heterocycles. The number of cyclic esters (lactones) is 1. The van der Waals surface area contributed by atoms with Gasteiger partial charge in [-0.15, -0.1) is 5.06 Å². The second-order valence-electron chi connectivity index (χ2n) is 11.2. The first kappa shape index (κ1) is 30.5. The Morgan fingerprint density at radius 2 is 1.22 bits per heavy atom. The van der Waals surface area contributed by atoms with Crippen molar-refractivity contribution in [2.75, 3.05) is 0 Å². The topological polar surface area (TPSA) is 76.2 Å². The lowest BCUT2D eigenvalue weighted by atomic mass is 9.90. The Morgan fingerprint density at radius 3 is 1.80 bits per heavy atom. The molecule has 0 unspecified atom stereocenters. The molecule has 46 heavy (non-hydrogen) atoms. The van der Waals surface area contributed by atoms with Crippen molar-refractivity contribution < 1.29 is 24.0 Å². The molecule has 5 aromatic carbocycles. The van der Waals surface area contributed by atoms with E-state index in [9.17, 15) is 14.4 Å². The number of imide groups is 1. The summed E-state index contributed by atoms with van der Waals surface area (Å²) in [5.41, 5.74) is 3.58. The largest absolute Gasteiger partial charge is 0.438 e. The molecule has 0 saturated carbocycles. The molecule has 0 aromatic heterocycles. The van der Waals surface area contributed by atoms with Gasteiger partial charge in [-0.3, -0.25) is 4.79 Å². The van der Waals surface area contributed by atoms with E-state index in [2.05, 4.69) is 0 Å². The summed E-state index contributed by atoms with van der Waals surface area (Å²) in [6, 6.07) is 45.2. The van der Waals surface area contributed by atoms with Crippen molar-refractivity contribution in [3.05, 3.63) is 179 Å². The van der Waals surface area contributed by atoms with E-state index in [4.69, 9.17) is 9.57 Å². The number of ether oxygens (including phenoxy) is 1. The number of hydrogen-bond acceptors (Lipinski definition) is 6. The molecule has 0 bridgehead atoms. The zero-order valence-electron chi connectivity index (χ0n) is 25.4. The zero-order valence-corrected chi connectivity index (χ0v) is 25.4. The first-order chi connectivity index (χ1) is 22.5. The molecule has 1 saturated heterocycles. The highest BCUT2D eigenvalue weighted by molar-refractivity contribution is 5.95. The predicted molar refractivity (Wildman–Crippen MR) is 174 cm³/mol. The lowest BCUT2D eigenvalue weighted by Gasteiger charge is -2.35. The van der Waals surface area contributed by atoms with Crippen LogP contribution in [0.25, 0.3) is 0 Å². The Hall–Kier alpha value is -5.53. The van der Waals surface area contributed by atoms with E-state index in [1.54, 1.807) is 36.3 Å². The minimum atomic E-state index is -0.844. The van der Waals surface area contributed by atoms with Crippen LogP contribution >= 0.6 is 0 Å². The quantitative estimate of drug-likeness (QED) is 0.149. The summed E-state index contributed by atoms with van der Waals surface area (Å²) < 4.78 is 5.93. The third-order valence-electron chi connectivity index (χ3n) is 8.20. The standard InChI is InChI=1S/C39H34N2O5/c1-28(37(42)41-35(31-21-11-4-12-22-31)36(45-39(41)44)32-23-13-5-14-24-32)34(30-19-9-3-10-20-30)40(27-29-17-7-2-8-18-29)46-38(43)33-25-15-6-16-26-33/h2-26,28,34-36H,27H2,1H3/t28-,34+,35+,36-/m1/s1. The lowest BCUT2D eigenvalue weighted by Crippen LogP contribution is -2.44. The van der Waals surface area contributed by atoms with E-state index in [0.29, 0.717) is 5.56 Å². The van der Waals surface area contributed by atoms with Gasteiger partial charge >= 0.3 is 12.1 Å². The van der Waals surface area contributed by atoms with Crippen LogP contribution in [0.2, 0.25) is 0 Å². The summed E-state index contributed by atoms with van der Waals surface area (Å²) in [5, 5.41) is 1.55. The number of carbonyl (C=O) groups is 3. The smallest absolute Gasteiger partial charge is 0.417 e. The van der Waals surface area contributed by atoms with Gasteiger partial charge in [-0.2, -0.15) is 0 Å². The van der Waals surface area contributed by atoms with Crippen molar-refractivity contribution in [3.63, 3.8) is 0 Å². The number of carbonyl (C=O) groups excluding carboxylic acids is 3. The zero-order chi connectivity index (χ0) is 31.9. The van der Waals surface area contributed by atoms with Crippen molar-refractivity contribution >= 4 is 18.0 Å². The van der Waals surface area contributed by atoms with Crippen LogP contribution in [-0.4, -0.2) is 27.9 Å². The summed E-state index contributed by atoms with van der Waals surface area (Å²) in [6.45, 7) is 1.97. The average Bonchev–Trinajstić information content (AvgIpc) is 3.46. The maximum atomic E-state index is 14.7. The summed E-state index contributed by atoms with van der Waals surface area (Å²) >= 11 is 0. The molecule has 7 heteroatoms. The summed E-state index contributed by atoms with van der Waals surface area (Å²) in [5.74, 6) is -1.84. The highest BCUT2D eigenvalue weighted by Gasteiger charge is 2.49. The van der Waals surface area contributed by atoms with Crippen LogP contribution in [0, 0.1) is 5.92 Å². The minimum absolute atomic E-state index is 0.204. The summed E-state index contributed by atoms with van der Waals surface area (Å²) in [6.07, 6.45) is -1.42. The molecular formula is C39H34N2O5. The SMILES string of the molecule is C[C@@H](C(=O)N1C(=O)O[C@H](c2ccccc2)[C@@H]1c1ccccc1)[C@@H](c1ccccc1)N(Cc1ccccc1)OC(=O)c1ccccc1. The molecule has 1 fully saturated rings. The van der Waals surface area contributed by atoms with Crippen molar-refractivity contribution in [3.8, 4) is 0 Å². The number of amides is 2. The molecule has 0 spiro atoms. The van der Waals surface area contributed by atoms with Crippen LogP contribution in [-0.2, 0) is 20.9 Å². The van der Waals surface area contributed by atoms with Gasteiger partial charge in [0.15, 0.2) is 6.10 Å². The highest BCUT2D eigenvalue weighted by Crippen LogP contribution is 2.45. The van der Waals surface area contributed by atoms with Crippen molar-refractivity contribution in [2.45, 2.75) is 31.7 Å². The molecule has 1 heterocycles. The van der Waals surface area contributed by atoms with Gasteiger partial charge in [-0.05, 0) is 34.4 Å². The molecule has 5 aromatic rings. The number of hydrogen-bond donors (Lipinski definition) is 0. The van der Waals surface area contributed by atoms with E-state index in [-0.39, 0.29) is 6.54 Å². The third-order valence-corrected chi connectivity index (χ3v) is 8.20. The van der Waals surface area contributed by atoms with E-state index < -0.39 is 42.1 Å². The van der Waals surface area contributed by atoms with Gasteiger partial charge in [0.05, 0.1) is 24.1 Å². The fraction of sp³-hybridized carbons (Fsp3) is 0.154. The molecule has 1 aliphatic rings. The van der Waals surface area contributed by atoms with Gasteiger partial charge < -0.3 is 9.57 Å². The molecule has 7 nitrogen and oxygen atoms in total. The fourth-order valence-electron chi connectivity index (χ4n) is 5.97. The third kappa shape index (κ3) is 6.60. The number of rotatable bonds is 10. The molecule has 6 rings (SSSR count). The van der Waals surface area contributed by atoms with E-state index >= 15 is 0 Å². The Balaban J connectivity index is 1.40. The highest BCUT2D eigenvalue weighted by atomic mass is 16.7. The molecular weight excluding hydrogens is 576 g/mol. The van der Waals surface area contributed by atoms with E-state index in [1.807, 2.05) is 127 Å². The van der Waals surface area contributed by atoms with Gasteiger partial charge in [0.1, 0.15) is 6.04 Å². The average molecular weight is 611 g/mol. The van der Waals surface area contributed by atoms with Crippen LogP contribution in [0.5, 0.6) is 0 Å². The number of nitrogens with zero attached hydrogens (tertiary/aromatic N) is 2. The van der Waals surface area contributed by atoms with Crippen LogP contribution in [0.4, 0.5) is 4.79 Å². The van der Waals surface area contributed by atoms with Gasteiger partial charge in [0, 0.05) is 0 Å².